The van der Waals surface area contributed by atoms with Crippen molar-refractivity contribution < 1.29 is 19.9 Å². The zero-order chi connectivity index (χ0) is 15.6. The molecule has 0 spiro atoms. The first kappa shape index (κ1) is 15.1. The van der Waals surface area contributed by atoms with Crippen LogP contribution in [0, 0.1) is 10.1 Å². The SMILES string of the molecule is O=C(O)c1nn(-c2ccc(Br)cc2[N+](=O)[O-])cc1CCO. The first-order chi connectivity index (χ1) is 9.93. The molecule has 0 bridgehead atoms. The average Bonchev–Trinajstić information content (AvgIpc) is 2.83. The highest BCUT2D eigenvalue weighted by Crippen LogP contribution is 2.27. The van der Waals surface area contributed by atoms with Gasteiger partial charge in [-0.2, -0.15) is 5.10 Å². The third kappa shape index (κ3) is 3.09. The van der Waals surface area contributed by atoms with E-state index >= 15 is 0 Å². The first-order valence-electron chi connectivity index (χ1n) is 5.81. The van der Waals surface area contributed by atoms with Gasteiger partial charge in [0.25, 0.3) is 5.69 Å². The van der Waals surface area contributed by atoms with Crippen molar-refractivity contribution in [1.29, 1.82) is 0 Å². The summed E-state index contributed by atoms with van der Waals surface area (Å²) in [6, 6.07) is 4.36. The minimum absolute atomic E-state index is 0.103. The summed E-state index contributed by atoms with van der Waals surface area (Å²) >= 11 is 3.14. The normalized spacial score (nSPS) is 10.6. The molecule has 2 rings (SSSR count). The predicted octanol–water partition coefficient (Wildman–Crippen LogP) is 1.78. The highest BCUT2D eigenvalue weighted by molar-refractivity contribution is 9.10. The van der Waals surface area contributed by atoms with E-state index in [0.717, 1.165) is 4.68 Å². The van der Waals surface area contributed by atoms with E-state index in [4.69, 9.17) is 10.2 Å². The van der Waals surface area contributed by atoms with Crippen LogP contribution >= 0.6 is 15.9 Å². The predicted molar refractivity (Wildman–Crippen MR) is 75.7 cm³/mol. The number of rotatable bonds is 5. The number of aromatic nitrogens is 2. The molecule has 0 aliphatic carbocycles. The molecule has 0 aliphatic rings. The molecule has 0 saturated carbocycles. The largest absolute Gasteiger partial charge is 0.476 e. The Bertz CT molecular complexity index is 713. The molecular formula is C12H10BrN3O5. The number of halogens is 1. The van der Waals surface area contributed by atoms with Crippen LogP contribution in [-0.2, 0) is 6.42 Å². The molecule has 2 aromatic rings. The van der Waals surface area contributed by atoms with Gasteiger partial charge in [0.05, 0.1) is 4.92 Å². The Labute approximate surface area is 126 Å². The van der Waals surface area contributed by atoms with Gasteiger partial charge in [-0.15, -0.1) is 0 Å². The fraction of sp³-hybridized carbons (Fsp3) is 0.167. The first-order valence-corrected chi connectivity index (χ1v) is 6.60. The van der Waals surface area contributed by atoms with E-state index < -0.39 is 10.9 Å². The fourth-order valence-corrected chi connectivity index (χ4v) is 2.20. The maximum absolute atomic E-state index is 11.1. The fourth-order valence-electron chi connectivity index (χ4n) is 1.85. The average molecular weight is 356 g/mol. The number of hydrogen-bond acceptors (Lipinski definition) is 5. The van der Waals surface area contributed by atoms with Crippen LogP contribution in [0.3, 0.4) is 0 Å². The van der Waals surface area contributed by atoms with Gasteiger partial charge in [0.2, 0.25) is 0 Å². The molecule has 1 aromatic heterocycles. The van der Waals surface area contributed by atoms with Crippen molar-refractivity contribution in [1.82, 2.24) is 9.78 Å². The zero-order valence-corrected chi connectivity index (χ0v) is 12.1. The van der Waals surface area contributed by atoms with Gasteiger partial charge < -0.3 is 10.2 Å². The van der Waals surface area contributed by atoms with Crippen molar-refractivity contribution in [3.05, 3.63) is 50.2 Å². The highest BCUT2D eigenvalue weighted by Gasteiger charge is 2.21. The van der Waals surface area contributed by atoms with Crippen LogP contribution in [0.1, 0.15) is 16.1 Å². The molecule has 0 fully saturated rings. The van der Waals surface area contributed by atoms with Gasteiger partial charge in [-0.05, 0) is 18.6 Å². The Hall–Kier alpha value is -2.26. The van der Waals surface area contributed by atoms with Crippen molar-refractivity contribution in [3.8, 4) is 5.69 Å². The van der Waals surface area contributed by atoms with E-state index in [9.17, 15) is 14.9 Å². The monoisotopic (exact) mass is 355 g/mol. The maximum Gasteiger partial charge on any atom is 0.356 e. The third-order valence-electron chi connectivity index (χ3n) is 2.75. The lowest BCUT2D eigenvalue weighted by Gasteiger charge is -2.03. The van der Waals surface area contributed by atoms with Crippen molar-refractivity contribution in [2.24, 2.45) is 0 Å². The Morgan fingerprint density at radius 2 is 2.19 bits per heavy atom. The van der Waals surface area contributed by atoms with Crippen molar-refractivity contribution in [3.63, 3.8) is 0 Å². The number of benzene rings is 1. The lowest BCUT2D eigenvalue weighted by atomic mass is 10.2. The van der Waals surface area contributed by atoms with Gasteiger partial charge in [-0.3, -0.25) is 10.1 Å². The molecule has 110 valence electrons. The Balaban J connectivity index is 2.59. The molecule has 0 unspecified atom stereocenters. The second kappa shape index (κ2) is 6.02. The molecule has 0 atom stereocenters. The number of nitro benzene ring substituents is 1. The summed E-state index contributed by atoms with van der Waals surface area (Å²) in [6.07, 6.45) is 1.47. The van der Waals surface area contributed by atoms with E-state index in [-0.39, 0.29) is 30.1 Å². The Morgan fingerprint density at radius 1 is 1.48 bits per heavy atom. The van der Waals surface area contributed by atoms with Crippen LogP contribution < -0.4 is 0 Å². The van der Waals surface area contributed by atoms with Crippen molar-refractivity contribution in [2.75, 3.05) is 6.61 Å². The number of aliphatic hydroxyl groups excluding tert-OH is 1. The number of nitro groups is 1. The van der Waals surface area contributed by atoms with E-state index in [0.29, 0.717) is 10.0 Å². The second-order valence-corrected chi connectivity index (χ2v) is 5.03. The number of carbonyl (C=O) groups is 1. The molecule has 21 heavy (non-hydrogen) atoms. The van der Waals surface area contributed by atoms with E-state index in [1.54, 1.807) is 6.07 Å². The molecule has 2 N–H and O–H groups in total. The number of carboxylic acid groups (broad SMARTS) is 1. The van der Waals surface area contributed by atoms with Gasteiger partial charge >= 0.3 is 5.97 Å². The summed E-state index contributed by atoms with van der Waals surface area (Å²) in [6.45, 7) is -0.242. The molecule has 0 saturated heterocycles. The van der Waals surface area contributed by atoms with Gasteiger partial charge in [0.1, 0.15) is 5.69 Å². The second-order valence-electron chi connectivity index (χ2n) is 4.12. The Kier molecular flexibility index (Phi) is 4.34. The quantitative estimate of drug-likeness (QED) is 0.623. The summed E-state index contributed by atoms with van der Waals surface area (Å²) in [4.78, 5) is 21.6. The topological polar surface area (TPSA) is 118 Å². The van der Waals surface area contributed by atoms with Crippen LogP contribution in [-0.4, -0.2) is 37.5 Å². The zero-order valence-electron chi connectivity index (χ0n) is 10.6. The van der Waals surface area contributed by atoms with Gasteiger partial charge in [-0.1, -0.05) is 15.9 Å². The maximum atomic E-state index is 11.1. The summed E-state index contributed by atoms with van der Waals surface area (Å²) in [5.41, 5.74) is 0.0118. The molecule has 0 aliphatic heterocycles. The minimum atomic E-state index is -1.25. The molecule has 1 aromatic carbocycles. The van der Waals surface area contributed by atoms with Crippen LogP contribution in [0.5, 0.6) is 0 Å². The summed E-state index contributed by atoms with van der Waals surface area (Å²) in [5.74, 6) is -1.25. The summed E-state index contributed by atoms with van der Waals surface area (Å²) in [5, 5.41) is 33.0. The smallest absolute Gasteiger partial charge is 0.356 e. The minimum Gasteiger partial charge on any atom is -0.476 e. The molecular weight excluding hydrogens is 346 g/mol. The number of carboxylic acids is 1. The third-order valence-corrected chi connectivity index (χ3v) is 3.25. The summed E-state index contributed by atoms with van der Waals surface area (Å²) < 4.78 is 1.66. The van der Waals surface area contributed by atoms with E-state index in [2.05, 4.69) is 21.0 Å². The molecule has 9 heteroatoms. The van der Waals surface area contributed by atoms with Gasteiger partial charge in [-0.25, -0.2) is 9.48 Å². The Morgan fingerprint density at radius 3 is 2.76 bits per heavy atom. The van der Waals surface area contributed by atoms with Gasteiger partial charge in [0, 0.05) is 28.9 Å². The standard InChI is InChI=1S/C12H10BrN3O5/c13-8-1-2-9(10(5-8)16(20)21)15-6-7(3-4-17)11(14-15)12(18)19/h1-2,5-6,17H,3-4H2,(H,18,19). The van der Waals surface area contributed by atoms with Gasteiger partial charge in [0.15, 0.2) is 5.69 Å². The van der Waals surface area contributed by atoms with E-state index in [1.165, 1.54) is 18.3 Å². The molecule has 0 amide bonds. The van der Waals surface area contributed by atoms with E-state index in [1.807, 2.05) is 0 Å². The van der Waals surface area contributed by atoms with Crippen LogP contribution in [0.15, 0.2) is 28.9 Å². The van der Waals surface area contributed by atoms with Crippen LogP contribution in [0.4, 0.5) is 5.69 Å². The van der Waals surface area contributed by atoms with Crippen LogP contribution in [0.25, 0.3) is 5.69 Å². The van der Waals surface area contributed by atoms with Crippen molar-refractivity contribution >= 4 is 27.6 Å². The lowest BCUT2D eigenvalue weighted by molar-refractivity contribution is -0.384. The number of aliphatic hydroxyl groups is 1. The highest BCUT2D eigenvalue weighted by atomic mass is 79.9. The number of nitrogens with zero attached hydrogens (tertiary/aromatic N) is 3. The van der Waals surface area contributed by atoms with Crippen LogP contribution in [0.2, 0.25) is 0 Å². The molecule has 0 radical (unpaired) electrons. The lowest BCUT2D eigenvalue weighted by Crippen LogP contribution is -2.04. The summed E-state index contributed by atoms with van der Waals surface area (Å²) in [7, 11) is 0. The molecule has 8 nitrogen and oxygen atoms in total. The number of aromatic carboxylic acids is 1. The van der Waals surface area contributed by atoms with Crippen molar-refractivity contribution in [2.45, 2.75) is 6.42 Å². The molecule has 1 heterocycles. The number of hydrogen-bond donors (Lipinski definition) is 2.